The largest absolute Gasteiger partial charge is 0.355 e. The number of hydrogen-bond donors (Lipinski definition) is 0. The van der Waals surface area contributed by atoms with Gasteiger partial charge in [0, 0.05) is 8.95 Å². The predicted molar refractivity (Wildman–Crippen MR) is 67.8 cm³/mol. The van der Waals surface area contributed by atoms with E-state index < -0.39 is 6.03 Å². The molecule has 82 valence electrons. The maximum atomic E-state index is 11.7. The molecule has 3 amide bonds. The van der Waals surface area contributed by atoms with Crippen LogP contribution in [0.5, 0.6) is 0 Å². The topological polar surface area (TPSA) is 49.7 Å². The SMILES string of the molecule is CC1=NC(=O)N(c2cc(Br)cc(Br)c2)C1=O. The third kappa shape index (κ3) is 1.94. The van der Waals surface area contributed by atoms with Crippen LogP contribution in [0.25, 0.3) is 0 Å². The highest BCUT2D eigenvalue weighted by Crippen LogP contribution is 2.28. The lowest BCUT2D eigenvalue weighted by Gasteiger charge is -2.13. The Labute approximate surface area is 109 Å². The third-order valence-corrected chi connectivity index (χ3v) is 2.99. The molecule has 0 aromatic heterocycles. The lowest BCUT2D eigenvalue weighted by Crippen LogP contribution is -2.31. The summed E-state index contributed by atoms with van der Waals surface area (Å²) in [5, 5.41) is 0. The molecule has 2 rings (SSSR count). The zero-order valence-electron chi connectivity index (χ0n) is 8.20. The summed E-state index contributed by atoms with van der Waals surface area (Å²) in [4.78, 5) is 27.8. The van der Waals surface area contributed by atoms with E-state index in [-0.39, 0.29) is 11.6 Å². The van der Waals surface area contributed by atoms with Crippen molar-refractivity contribution in [3.8, 4) is 0 Å². The molecule has 0 atom stereocenters. The quantitative estimate of drug-likeness (QED) is 0.785. The van der Waals surface area contributed by atoms with E-state index in [1.807, 2.05) is 6.07 Å². The van der Waals surface area contributed by atoms with Gasteiger partial charge in [0.1, 0.15) is 5.71 Å². The maximum Gasteiger partial charge on any atom is 0.355 e. The van der Waals surface area contributed by atoms with E-state index in [9.17, 15) is 9.59 Å². The minimum Gasteiger partial charge on any atom is -0.267 e. The minimum absolute atomic E-state index is 0.209. The van der Waals surface area contributed by atoms with Gasteiger partial charge in [0.25, 0.3) is 5.91 Å². The highest BCUT2D eigenvalue weighted by Gasteiger charge is 2.31. The highest BCUT2D eigenvalue weighted by molar-refractivity contribution is 9.11. The molecule has 0 saturated carbocycles. The second-order valence-electron chi connectivity index (χ2n) is 3.25. The predicted octanol–water partition coefficient (Wildman–Crippen LogP) is 3.14. The molecule has 1 aliphatic rings. The van der Waals surface area contributed by atoms with Crippen molar-refractivity contribution < 1.29 is 9.59 Å². The molecule has 6 heteroatoms. The lowest BCUT2D eigenvalue weighted by atomic mass is 10.3. The first-order chi connectivity index (χ1) is 7.49. The van der Waals surface area contributed by atoms with Crippen LogP contribution in [0.3, 0.4) is 0 Å². The Morgan fingerprint density at radius 1 is 1.12 bits per heavy atom. The first-order valence-corrected chi connectivity index (χ1v) is 5.97. The summed E-state index contributed by atoms with van der Waals surface area (Å²) < 4.78 is 1.56. The molecule has 4 nitrogen and oxygen atoms in total. The zero-order chi connectivity index (χ0) is 11.9. The van der Waals surface area contributed by atoms with Crippen molar-refractivity contribution >= 4 is 55.2 Å². The molecule has 0 N–H and O–H groups in total. The van der Waals surface area contributed by atoms with Crippen LogP contribution in [0.2, 0.25) is 0 Å². The van der Waals surface area contributed by atoms with E-state index in [0.717, 1.165) is 13.8 Å². The maximum absolute atomic E-state index is 11.7. The van der Waals surface area contributed by atoms with Crippen LogP contribution in [0.1, 0.15) is 6.92 Å². The van der Waals surface area contributed by atoms with Crippen LogP contribution in [0.4, 0.5) is 10.5 Å². The summed E-state index contributed by atoms with van der Waals surface area (Å²) in [6.07, 6.45) is 0. The molecule has 0 bridgehead atoms. The second kappa shape index (κ2) is 4.10. The Kier molecular flexibility index (Phi) is 2.94. The normalized spacial score (nSPS) is 15.7. The summed E-state index contributed by atoms with van der Waals surface area (Å²) in [7, 11) is 0. The first kappa shape index (κ1) is 11.5. The van der Waals surface area contributed by atoms with Gasteiger partial charge in [-0.25, -0.2) is 9.69 Å². The van der Waals surface area contributed by atoms with Crippen LogP contribution in [0, 0.1) is 0 Å². The fourth-order valence-electron chi connectivity index (χ4n) is 1.39. The number of carbonyl (C=O) groups excluding carboxylic acids is 2. The number of urea groups is 1. The van der Waals surface area contributed by atoms with Crippen LogP contribution in [-0.2, 0) is 4.79 Å². The van der Waals surface area contributed by atoms with Gasteiger partial charge in [0.05, 0.1) is 5.69 Å². The van der Waals surface area contributed by atoms with Crippen molar-refractivity contribution in [2.75, 3.05) is 4.90 Å². The van der Waals surface area contributed by atoms with Crippen molar-refractivity contribution in [3.05, 3.63) is 27.1 Å². The molecule has 1 aromatic rings. The van der Waals surface area contributed by atoms with Gasteiger partial charge in [-0.2, -0.15) is 4.99 Å². The molecule has 1 heterocycles. The Balaban J connectivity index is 2.46. The number of anilines is 1. The van der Waals surface area contributed by atoms with Crippen molar-refractivity contribution in [2.24, 2.45) is 4.99 Å². The standard InChI is InChI=1S/C10H6Br2N2O2/c1-5-9(15)14(10(16)13-5)8-3-6(11)2-7(12)4-8/h2-4H,1H3. The van der Waals surface area contributed by atoms with Gasteiger partial charge in [-0.15, -0.1) is 0 Å². The van der Waals surface area contributed by atoms with Gasteiger partial charge in [0.15, 0.2) is 0 Å². The van der Waals surface area contributed by atoms with Gasteiger partial charge in [-0.3, -0.25) is 4.79 Å². The molecular weight excluding hydrogens is 340 g/mol. The molecule has 0 spiro atoms. The Morgan fingerprint density at radius 2 is 1.69 bits per heavy atom. The molecule has 0 aliphatic carbocycles. The summed E-state index contributed by atoms with van der Waals surface area (Å²) >= 11 is 6.60. The van der Waals surface area contributed by atoms with Crippen molar-refractivity contribution in [3.63, 3.8) is 0 Å². The summed E-state index contributed by atoms with van der Waals surface area (Å²) in [6, 6.07) is 4.65. The van der Waals surface area contributed by atoms with Crippen LogP contribution in [0.15, 0.2) is 32.1 Å². The molecule has 0 fully saturated rings. The van der Waals surface area contributed by atoms with E-state index in [4.69, 9.17) is 0 Å². The van der Waals surface area contributed by atoms with Crippen LogP contribution >= 0.6 is 31.9 Å². The number of rotatable bonds is 1. The zero-order valence-corrected chi connectivity index (χ0v) is 11.4. The summed E-state index contributed by atoms with van der Waals surface area (Å²) in [5.74, 6) is -0.380. The molecule has 0 unspecified atom stereocenters. The van der Waals surface area contributed by atoms with Crippen molar-refractivity contribution in [1.82, 2.24) is 0 Å². The van der Waals surface area contributed by atoms with Crippen molar-refractivity contribution in [1.29, 1.82) is 0 Å². The number of carbonyl (C=O) groups is 2. The van der Waals surface area contributed by atoms with Gasteiger partial charge in [-0.1, -0.05) is 31.9 Å². The van der Waals surface area contributed by atoms with Gasteiger partial charge < -0.3 is 0 Å². The lowest BCUT2D eigenvalue weighted by molar-refractivity contribution is -0.111. The number of amides is 3. The van der Waals surface area contributed by atoms with Gasteiger partial charge in [-0.05, 0) is 25.1 Å². The Hall–Kier alpha value is -1.01. The number of aliphatic imine (C=N–C) groups is 1. The summed E-state index contributed by atoms with van der Waals surface area (Å²) in [6.45, 7) is 1.52. The molecule has 0 radical (unpaired) electrons. The Morgan fingerprint density at radius 3 is 2.12 bits per heavy atom. The highest BCUT2D eigenvalue weighted by atomic mass is 79.9. The summed E-state index contributed by atoms with van der Waals surface area (Å²) in [5.41, 5.74) is 0.706. The molecular formula is C10H6Br2N2O2. The number of nitrogens with zero attached hydrogens (tertiary/aromatic N) is 2. The second-order valence-corrected chi connectivity index (χ2v) is 5.08. The first-order valence-electron chi connectivity index (χ1n) is 4.39. The van der Waals surface area contributed by atoms with Gasteiger partial charge in [0.2, 0.25) is 0 Å². The van der Waals surface area contributed by atoms with E-state index in [1.165, 1.54) is 6.92 Å². The fourth-order valence-corrected chi connectivity index (χ4v) is 2.66. The molecule has 1 aliphatic heterocycles. The van der Waals surface area contributed by atoms with Crippen molar-refractivity contribution in [2.45, 2.75) is 6.92 Å². The smallest absolute Gasteiger partial charge is 0.267 e. The minimum atomic E-state index is -0.549. The van der Waals surface area contributed by atoms with E-state index in [1.54, 1.807) is 12.1 Å². The van der Waals surface area contributed by atoms with Crippen LogP contribution in [-0.4, -0.2) is 17.6 Å². The third-order valence-electron chi connectivity index (χ3n) is 2.07. The molecule has 0 saturated heterocycles. The van der Waals surface area contributed by atoms with Gasteiger partial charge >= 0.3 is 6.03 Å². The number of halogens is 2. The number of imide groups is 1. The molecule has 1 aromatic carbocycles. The average Bonchev–Trinajstić information content (AvgIpc) is 2.39. The van der Waals surface area contributed by atoms with Crippen LogP contribution < -0.4 is 4.90 Å². The molecule has 16 heavy (non-hydrogen) atoms. The van der Waals surface area contributed by atoms with E-state index in [2.05, 4.69) is 36.9 Å². The average molecular weight is 346 g/mol. The Bertz CT molecular complexity index is 505. The van der Waals surface area contributed by atoms with E-state index in [0.29, 0.717) is 5.69 Å². The number of benzene rings is 1. The number of hydrogen-bond acceptors (Lipinski definition) is 2. The fraction of sp³-hybridized carbons (Fsp3) is 0.100. The van der Waals surface area contributed by atoms with E-state index >= 15 is 0 Å². The monoisotopic (exact) mass is 344 g/mol.